The van der Waals surface area contributed by atoms with E-state index in [0.717, 1.165) is 6.07 Å². The lowest BCUT2D eigenvalue weighted by atomic mass is 10.2. The zero-order chi connectivity index (χ0) is 15.9. The number of hydrogen-bond acceptors (Lipinski definition) is 3. The number of para-hydroxylation sites is 1. The van der Waals surface area contributed by atoms with E-state index in [4.69, 9.17) is 5.11 Å². The number of alkyl halides is 3. The Balaban J connectivity index is 2.51. The first kappa shape index (κ1) is 16.6. The molecule has 0 saturated heterocycles. The van der Waals surface area contributed by atoms with Gasteiger partial charge in [0.1, 0.15) is 5.75 Å². The van der Waals surface area contributed by atoms with Gasteiger partial charge in [-0.3, -0.25) is 4.79 Å². The van der Waals surface area contributed by atoms with E-state index in [1.165, 1.54) is 18.2 Å². The molecule has 0 aromatic heterocycles. The van der Waals surface area contributed by atoms with Gasteiger partial charge in [-0.2, -0.15) is 0 Å². The Bertz CT molecular complexity index is 506. The predicted octanol–water partition coefficient (Wildman–Crippen LogP) is 1.86. The molecule has 0 bridgehead atoms. The molecule has 6 nitrogen and oxygen atoms in total. The predicted molar refractivity (Wildman–Crippen MR) is 65.6 cm³/mol. The van der Waals surface area contributed by atoms with Crippen molar-refractivity contribution >= 4 is 12.0 Å². The molecular weight excluding hydrogens is 293 g/mol. The van der Waals surface area contributed by atoms with Gasteiger partial charge in [-0.05, 0) is 6.07 Å². The van der Waals surface area contributed by atoms with Crippen molar-refractivity contribution in [2.24, 2.45) is 0 Å². The van der Waals surface area contributed by atoms with Gasteiger partial charge in [-0.1, -0.05) is 18.2 Å². The minimum absolute atomic E-state index is 0.0815. The average Bonchev–Trinajstić information content (AvgIpc) is 2.35. The monoisotopic (exact) mass is 306 g/mol. The van der Waals surface area contributed by atoms with E-state index in [2.05, 4.69) is 15.4 Å². The van der Waals surface area contributed by atoms with Gasteiger partial charge >= 0.3 is 18.4 Å². The number of aliphatic carboxylic acids is 1. The van der Waals surface area contributed by atoms with Crippen LogP contribution in [-0.4, -0.2) is 30.0 Å². The van der Waals surface area contributed by atoms with Crippen molar-refractivity contribution in [3.63, 3.8) is 0 Å². The molecule has 0 unspecified atom stereocenters. The Labute approximate surface area is 117 Å². The molecule has 0 radical (unpaired) electrons. The second-order valence-electron chi connectivity index (χ2n) is 3.91. The number of amides is 2. The summed E-state index contributed by atoms with van der Waals surface area (Å²) in [5.74, 6) is -1.48. The molecular formula is C12H13F3N2O4. The summed E-state index contributed by atoms with van der Waals surface area (Å²) in [4.78, 5) is 21.6. The standard InChI is InChI=1S/C12H13F3N2O4/c13-12(14,15)21-9-4-2-1-3-8(9)7-17-11(20)16-6-5-10(18)19/h1-4H,5-7H2,(H,18,19)(H2,16,17,20). The summed E-state index contributed by atoms with van der Waals surface area (Å²) < 4.78 is 40.4. The van der Waals surface area contributed by atoms with Crippen molar-refractivity contribution < 1.29 is 32.6 Å². The molecule has 0 aliphatic heterocycles. The number of carbonyl (C=O) groups excluding carboxylic acids is 1. The Hall–Kier alpha value is -2.45. The number of carbonyl (C=O) groups is 2. The normalized spacial score (nSPS) is 10.8. The first-order valence-corrected chi connectivity index (χ1v) is 5.85. The molecule has 1 aromatic carbocycles. The quantitative estimate of drug-likeness (QED) is 0.748. The number of halogens is 3. The molecule has 21 heavy (non-hydrogen) atoms. The summed E-state index contributed by atoms with van der Waals surface area (Å²) in [5.41, 5.74) is 0.142. The minimum Gasteiger partial charge on any atom is -0.481 e. The number of ether oxygens (including phenoxy) is 1. The smallest absolute Gasteiger partial charge is 0.481 e. The van der Waals surface area contributed by atoms with E-state index in [-0.39, 0.29) is 25.1 Å². The van der Waals surface area contributed by atoms with Crippen molar-refractivity contribution in [1.82, 2.24) is 10.6 Å². The zero-order valence-corrected chi connectivity index (χ0v) is 10.7. The van der Waals surface area contributed by atoms with Crippen molar-refractivity contribution in [2.45, 2.75) is 19.3 Å². The van der Waals surface area contributed by atoms with E-state index < -0.39 is 24.1 Å². The highest BCUT2D eigenvalue weighted by atomic mass is 19.4. The van der Waals surface area contributed by atoms with Crippen LogP contribution in [0, 0.1) is 0 Å². The van der Waals surface area contributed by atoms with Crippen molar-refractivity contribution in [3.8, 4) is 5.75 Å². The van der Waals surface area contributed by atoms with Crippen LogP contribution in [0.15, 0.2) is 24.3 Å². The van der Waals surface area contributed by atoms with Gasteiger partial charge in [0.2, 0.25) is 0 Å². The fraction of sp³-hybridized carbons (Fsp3) is 0.333. The van der Waals surface area contributed by atoms with E-state index in [1.54, 1.807) is 0 Å². The lowest BCUT2D eigenvalue weighted by molar-refractivity contribution is -0.274. The summed E-state index contributed by atoms with van der Waals surface area (Å²) >= 11 is 0. The molecule has 3 N–H and O–H groups in total. The highest BCUT2D eigenvalue weighted by Gasteiger charge is 2.31. The number of nitrogens with one attached hydrogen (secondary N) is 2. The molecule has 1 aromatic rings. The summed E-state index contributed by atoms with van der Waals surface area (Å²) in [5, 5.41) is 13.0. The maximum atomic E-state index is 12.2. The number of carboxylic acid groups (broad SMARTS) is 1. The molecule has 9 heteroatoms. The van der Waals surface area contributed by atoms with Gasteiger partial charge < -0.3 is 20.5 Å². The van der Waals surface area contributed by atoms with Gasteiger partial charge in [0.25, 0.3) is 0 Å². The van der Waals surface area contributed by atoms with Gasteiger partial charge in [0, 0.05) is 18.7 Å². The highest BCUT2D eigenvalue weighted by molar-refractivity contribution is 5.75. The summed E-state index contributed by atoms with van der Waals surface area (Å²) in [6.45, 7) is -0.271. The van der Waals surface area contributed by atoms with Crippen LogP contribution in [0.25, 0.3) is 0 Å². The van der Waals surface area contributed by atoms with Crippen LogP contribution in [0.3, 0.4) is 0 Å². The maximum absolute atomic E-state index is 12.2. The largest absolute Gasteiger partial charge is 0.573 e. The van der Waals surface area contributed by atoms with E-state index in [9.17, 15) is 22.8 Å². The number of benzene rings is 1. The summed E-state index contributed by atoms with van der Waals surface area (Å²) in [7, 11) is 0. The average molecular weight is 306 g/mol. The Morgan fingerprint density at radius 2 is 1.86 bits per heavy atom. The minimum atomic E-state index is -4.82. The van der Waals surface area contributed by atoms with Crippen LogP contribution in [-0.2, 0) is 11.3 Å². The summed E-state index contributed by atoms with van der Waals surface area (Å²) in [6, 6.07) is 4.70. The Morgan fingerprint density at radius 3 is 2.48 bits per heavy atom. The number of urea groups is 1. The first-order chi connectivity index (χ1) is 9.78. The number of carboxylic acids is 1. The Morgan fingerprint density at radius 1 is 1.19 bits per heavy atom. The van der Waals surface area contributed by atoms with Crippen LogP contribution in [0.4, 0.5) is 18.0 Å². The molecule has 0 atom stereocenters. The molecule has 0 aliphatic rings. The number of rotatable bonds is 6. The third kappa shape index (κ3) is 7.04. The fourth-order valence-electron chi connectivity index (χ4n) is 1.40. The lowest BCUT2D eigenvalue weighted by Crippen LogP contribution is -2.36. The third-order valence-corrected chi connectivity index (χ3v) is 2.26. The number of hydrogen-bond donors (Lipinski definition) is 3. The zero-order valence-electron chi connectivity index (χ0n) is 10.7. The molecule has 0 saturated carbocycles. The van der Waals surface area contributed by atoms with Crippen molar-refractivity contribution in [1.29, 1.82) is 0 Å². The van der Waals surface area contributed by atoms with Crippen LogP contribution in [0.1, 0.15) is 12.0 Å². The molecule has 116 valence electrons. The second kappa shape index (κ2) is 7.36. The Kier molecular flexibility index (Phi) is 5.82. The van der Waals surface area contributed by atoms with E-state index in [0.29, 0.717) is 0 Å². The van der Waals surface area contributed by atoms with E-state index in [1.807, 2.05) is 0 Å². The van der Waals surface area contributed by atoms with Crippen molar-refractivity contribution in [3.05, 3.63) is 29.8 Å². The third-order valence-electron chi connectivity index (χ3n) is 2.26. The molecule has 0 fully saturated rings. The first-order valence-electron chi connectivity index (χ1n) is 5.85. The van der Waals surface area contributed by atoms with Crippen LogP contribution < -0.4 is 15.4 Å². The molecule has 1 rings (SSSR count). The second-order valence-corrected chi connectivity index (χ2v) is 3.91. The van der Waals surface area contributed by atoms with Crippen LogP contribution in [0.5, 0.6) is 5.75 Å². The fourth-order valence-corrected chi connectivity index (χ4v) is 1.40. The van der Waals surface area contributed by atoms with Gasteiger partial charge in [-0.25, -0.2) is 4.79 Å². The molecule has 2 amide bonds. The topological polar surface area (TPSA) is 87.7 Å². The molecule has 0 heterocycles. The van der Waals surface area contributed by atoms with E-state index >= 15 is 0 Å². The van der Waals surface area contributed by atoms with Gasteiger partial charge in [0.05, 0.1) is 6.42 Å². The maximum Gasteiger partial charge on any atom is 0.573 e. The summed E-state index contributed by atoms with van der Waals surface area (Å²) in [6.07, 6.45) is -5.07. The lowest BCUT2D eigenvalue weighted by Gasteiger charge is -2.13. The van der Waals surface area contributed by atoms with Crippen molar-refractivity contribution in [2.75, 3.05) is 6.54 Å². The molecule has 0 aliphatic carbocycles. The SMILES string of the molecule is O=C(O)CCNC(=O)NCc1ccccc1OC(F)(F)F. The van der Waals surface area contributed by atoms with Crippen LogP contribution in [0.2, 0.25) is 0 Å². The highest BCUT2D eigenvalue weighted by Crippen LogP contribution is 2.25. The van der Waals surface area contributed by atoms with Gasteiger partial charge in [-0.15, -0.1) is 13.2 Å². The molecule has 0 spiro atoms. The van der Waals surface area contributed by atoms with Crippen LogP contribution >= 0.6 is 0 Å². The van der Waals surface area contributed by atoms with Gasteiger partial charge in [0.15, 0.2) is 0 Å².